The molecule has 10 nitrogen and oxygen atoms in total. The Bertz CT molecular complexity index is 1420. The molecule has 0 saturated heterocycles. The second-order valence-corrected chi connectivity index (χ2v) is 10.6. The van der Waals surface area contributed by atoms with E-state index in [-0.39, 0.29) is 17.7 Å². The van der Waals surface area contributed by atoms with Crippen molar-refractivity contribution in [1.29, 1.82) is 0 Å². The highest BCUT2D eigenvalue weighted by Gasteiger charge is 2.33. The van der Waals surface area contributed by atoms with Crippen LogP contribution in [0.25, 0.3) is 33.9 Å². The number of likely N-dealkylation sites (N-methyl/N-ethyl adjacent to an activating group) is 1. The van der Waals surface area contributed by atoms with Gasteiger partial charge < -0.3 is 9.42 Å². The lowest BCUT2D eigenvalue weighted by atomic mass is 9.83. The summed E-state index contributed by atoms with van der Waals surface area (Å²) in [4.78, 5) is 24.9. The van der Waals surface area contributed by atoms with Crippen molar-refractivity contribution in [1.82, 2.24) is 39.6 Å². The lowest BCUT2D eigenvalue weighted by Crippen LogP contribution is -2.33. The van der Waals surface area contributed by atoms with Crippen molar-refractivity contribution in [2.24, 2.45) is 7.05 Å². The van der Waals surface area contributed by atoms with Gasteiger partial charge in [-0.3, -0.25) is 9.48 Å². The standard InChI is InChI=1S/C28H38N8O2/c1-6-8-12-23(37)19-10-9-11-20-25(33-38-26(19)20)27-29-16-21-24(22-13-15-35(5)31-22)32-36(28(21)30-27)17-18(3)34(4)14-7-2/h13,15-16,18-19H,6-12,14,17H2,1-5H3/t18-,19+/m0/s1. The van der Waals surface area contributed by atoms with E-state index < -0.39 is 0 Å². The van der Waals surface area contributed by atoms with Crippen LogP contribution >= 0.6 is 0 Å². The third kappa shape index (κ3) is 5.01. The second kappa shape index (κ2) is 11.1. The van der Waals surface area contributed by atoms with E-state index in [1.807, 2.05) is 30.2 Å². The minimum absolute atomic E-state index is 0.216. The molecule has 1 aliphatic carbocycles. The Morgan fingerprint density at radius 2 is 2.08 bits per heavy atom. The van der Waals surface area contributed by atoms with Gasteiger partial charge in [0, 0.05) is 37.5 Å². The highest BCUT2D eigenvalue weighted by Crippen LogP contribution is 2.38. The summed E-state index contributed by atoms with van der Waals surface area (Å²) in [5.41, 5.74) is 3.90. The van der Waals surface area contributed by atoms with Gasteiger partial charge in [-0.1, -0.05) is 25.4 Å². The van der Waals surface area contributed by atoms with Gasteiger partial charge in [0.25, 0.3) is 0 Å². The van der Waals surface area contributed by atoms with Gasteiger partial charge in [-0.25, -0.2) is 14.6 Å². The fourth-order valence-corrected chi connectivity index (χ4v) is 5.35. The number of Topliss-reactive ketones (excluding diaryl/α,β-unsaturated/α-hetero) is 1. The molecule has 0 aromatic carbocycles. The summed E-state index contributed by atoms with van der Waals surface area (Å²) in [6.45, 7) is 8.19. The maximum absolute atomic E-state index is 12.9. The molecule has 1 aliphatic rings. The van der Waals surface area contributed by atoms with Crippen LogP contribution in [0.15, 0.2) is 23.0 Å². The van der Waals surface area contributed by atoms with Crippen molar-refractivity contribution in [3.63, 3.8) is 0 Å². The number of carbonyl (C=O) groups excluding carboxylic acids is 1. The average molecular weight is 519 g/mol. The fourth-order valence-electron chi connectivity index (χ4n) is 5.35. The van der Waals surface area contributed by atoms with E-state index >= 15 is 0 Å². The Hall–Kier alpha value is -3.40. The molecule has 4 aromatic heterocycles. The Morgan fingerprint density at radius 3 is 2.82 bits per heavy atom. The summed E-state index contributed by atoms with van der Waals surface area (Å²) in [6.07, 6.45) is 9.85. The van der Waals surface area contributed by atoms with E-state index in [2.05, 4.69) is 43.0 Å². The SMILES string of the molecule is CCCCC(=O)[C@H]1CCCc2c(-c3ncc4c(-c5ccn(C)n5)nn(C[C@H](C)N(C)CCC)c4n3)noc21. The predicted molar refractivity (Wildman–Crippen MR) is 146 cm³/mol. The number of hydrogen-bond donors (Lipinski definition) is 0. The lowest BCUT2D eigenvalue weighted by molar-refractivity contribution is -0.121. The molecule has 0 fully saturated rings. The number of nitrogens with zero attached hydrogens (tertiary/aromatic N) is 8. The molecule has 202 valence electrons. The molecule has 0 unspecified atom stereocenters. The molecule has 10 heteroatoms. The smallest absolute Gasteiger partial charge is 0.184 e. The first kappa shape index (κ1) is 26.2. The van der Waals surface area contributed by atoms with Crippen LogP contribution in [0.1, 0.15) is 76.5 Å². The molecule has 38 heavy (non-hydrogen) atoms. The first-order valence-electron chi connectivity index (χ1n) is 13.9. The number of rotatable bonds is 11. The van der Waals surface area contributed by atoms with Crippen LogP contribution in [0.3, 0.4) is 0 Å². The van der Waals surface area contributed by atoms with Gasteiger partial charge in [-0.2, -0.15) is 10.2 Å². The molecular formula is C28H38N8O2. The average Bonchev–Trinajstić information content (AvgIpc) is 3.64. The lowest BCUT2D eigenvalue weighted by Gasteiger charge is -2.24. The van der Waals surface area contributed by atoms with Crippen molar-refractivity contribution < 1.29 is 9.32 Å². The first-order chi connectivity index (χ1) is 18.4. The summed E-state index contributed by atoms with van der Waals surface area (Å²) in [6, 6.07) is 2.22. The summed E-state index contributed by atoms with van der Waals surface area (Å²) in [7, 11) is 4.03. The van der Waals surface area contributed by atoms with Gasteiger partial charge in [0.15, 0.2) is 22.9 Å². The third-order valence-corrected chi connectivity index (χ3v) is 7.64. The molecule has 5 rings (SSSR count). The van der Waals surface area contributed by atoms with E-state index in [1.165, 1.54) is 0 Å². The molecule has 2 atom stereocenters. The van der Waals surface area contributed by atoms with Crippen LogP contribution in [-0.2, 0) is 24.8 Å². The molecule has 0 aliphatic heterocycles. The molecule has 0 saturated carbocycles. The maximum atomic E-state index is 12.9. The summed E-state index contributed by atoms with van der Waals surface area (Å²) < 4.78 is 9.54. The predicted octanol–water partition coefficient (Wildman–Crippen LogP) is 4.79. The zero-order valence-electron chi connectivity index (χ0n) is 23.1. The number of hydrogen-bond acceptors (Lipinski definition) is 8. The van der Waals surface area contributed by atoms with E-state index in [9.17, 15) is 4.79 Å². The summed E-state index contributed by atoms with van der Waals surface area (Å²) >= 11 is 0. The largest absolute Gasteiger partial charge is 0.360 e. The van der Waals surface area contributed by atoms with Crippen molar-refractivity contribution >= 4 is 16.8 Å². The van der Waals surface area contributed by atoms with E-state index in [0.717, 1.165) is 73.1 Å². The van der Waals surface area contributed by atoms with Gasteiger partial charge >= 0.3 is 0 Å². The van der Waals surface area contributed by atoms with Gasteiger partial charge in [0.05, 0.1) is 17.8 Å². The number of unbranched alkanes of at least 4 members (excludes halogenated alkanes) is 1. The van der Waals surface area contributed by atoms with Crippen LogP contribution in [0.4, 0.5) is 0 Å². The summed E-state index contributed by atoms with van der Waals surface area (Å²) in [5, 5.41) is 14.8. The quantitative estimate of drug-likeness (QED) is 0.279. The van der Waals surface area contributed by atoms with Crippen molar-refractivity contribution in [3.05, 3.63) is 29.8 Å². The van der Waals surface area contributed by atoms with Crippen LogP contribution in [0, 0.1) is 0 Å². The van der Waals surface area contributed by atoms with Crippen molar-refractivity contribution in [2.75, 3.05) is 13.6 Å². The molecule has 0 amide bonds. The van der Waals surface area contributed by atoms with E-state index in [1.54, 1.807) is 4.68 Å². The monoisotopic (exact) mass is 518 g/mol. The van der Waals surface area contributed by atoms with Gasteiger partial charge in [0.1, 0.15) is 17.2 Å². The molecule has 4 aromatic rings. The molecule has 0 radical (unpaired) electrons. The van der Waals surface area contributed by atoms with Crippen LogP contribution < -0.4 is 0 Å². The molecule has 0 bridgehead atoms. The van der Waals surface area contributed by atoms with Gasteiger partial charge in [-0.15, -0.1) is 0 Å². The van der Waals surface area contributed by atoms with E-state index in [4.69, 9.17) is 19.6 Å². The summed E-state index contributed by atoms with van der Waals surface area (Å²) in [5.74, 6) is 1.24. The Kier molecular flexibility index (Phi) is 7.69. The maximum Gasteiger partial charge on any atom is 0.184 e. The van der Waals surface area contributed by atoms with Crippen LogP contribution in [0.5, 0.6) is 0 Å². The zero-order chi connectivity index (χ0) is 26.8. The van der Waals surface area contributed by atoms with E-state index in [0.29, 0.717) is 30.2 Å². The van der Waals surface area contributed by atoms with Crippen molar-refractivity contribution in [3.8, 4) is 22.9 Å². The Labute approximate surface area is 223 Å². The third-order valence-electron chi connectivity index (χ3n) is 7.64. The molecule has 0 spiro atoms. The Morgan fingerprint density at radius 1 is 1.24 bits per heavy atom. The molecular weight excluding hydrogens is 480 g/mol. The second-order valence-electron chi connectivity index (χ2n) is 10.6. The number of aromatic nitrogens is 7. The van der Waals surface area contributed by atoms with Gasteiger partial charge in [-0.05, 0) is 58.7 Å². The normalized spacial score (nSPS) is 16.3. The number of aryl methyl sites for hydroxylation is 1. The fraction of sp³-hybridized carbons (Fsp3) is 0.571. The minimum atomic E-state index is -0.216. The highest BCUT2D eigenvalue weighted by molar-refractivity contribution is 5.90. The first-order valence-corrected chi connectivity index (χ1v) is 13.9. The molecule has 4 heterocycles. The van der Waals surface area contributed by atoms with Crippen LogP contribution in [-0.4, -0.2) is 65.0 Å². The number of fused-ring (bicyclic) bond motifs is 2. The van der Waals surface area contributed by atoms with Crippen molar-refractivity contribution in [2.45, 2.75) is 84.2 Å². The Balaban J connectivity index is 1.55. The van der Waals surface area contributed by atoms with Crippen LogP contribution in [0.2, 0.25) is 0 Å². The topological polar surface area (TPSA) is 108 Å². The highest BCUT2D eigenvalue weighted by atomic mass is 16.5. The minimum Gasteiger partial charge on any atom is -0.360 e. The molecule has 0 N–H and O–H groups in total. The zero-order valence-corrected chi connectivity index (χ0v) is 23.1. The number of ketones is 1. The van der Waals surface area contributed by atoms with Gasteiger partial charge in [0.2, 0.25) is 0 Å². The number of carbonyl (C=O) groups is 1.